The molecule has 2 rings (SSSR count). The van der Waals surface area contributed by atoms with Gasteiger partial charge in [-0.2, -0.15) is 0 Å². The third kappa shape index (κ3) is 4.81. The lowest BCUT2D eigenvalue weighted by atomic mass is 9.88. The molecule has 104 valence electrons. The minimum absolute atomic E-state index is 0.206. The smallest absolute Gasteiger partial charge is 0.219 e. The Hall–Kier alpha value is -0.830. The minimum Gasteiger partial charge on any atom is -0.339 e. The van der Waals surface area contributed by atoms with Crippen LogP contribution in [0.4, 0.5) is 0 Å². The summed E-state index contributed by atoms with van der Waals surface area (Å²) in [6, 6.07) is 0. The van der Waals surface area contributed by atoms with E-state index in [4.69, 9.17) is 0 Å². The topological polar surface area (TPSA) is 32.3 Å². The van der Waals surface area contributed by atoms with Crippen LogP contribution in [0.2, 0.25) is 0 Å². The van der Waals surface area contributed by atoms with Crippen molar-refractivity contribution in [1.82, 2.24) is 10.2 Å². The summed E-state index contributed by atoms with van der Waals surface area (Å²) in [5, 5.41) is 3.40. The van der Waals surface area contributed by atoms with Crippen molar-refractivity contribution < 1.29 is 4.79 Å². The molecule has 3 heteroatoms. The van der Waals surface area contributed by atoms with Gasteiger partial charge in [-0.15, -0.1) is 0 Å². The van der Waals surface area contributed by atoms with E-state index in [-0.39, 0.29) is 5.91 Å². The summed E-state index contributed by atoms with van der Waals surface area (Å²) in [6.07, 6.45) is 7.24. The molecule has 2 aliphatic heterocycles. The molecule has 1 saturated heterocycles. The molecular weight excluding hydrogens is 224 g/mol. The fourth-order valence-corrected chi connectivity index (χ4v) is 2.64. The van der Waals surface area contributed by atoms with Crippen LogP contribution in [0.5, 0.6) is 0 Å². The van der Waals surface area contributed by atoms with Crippen LogP contribution in [0.3, 0.4) is 0 Å². The standard InChI is InChI=1S/C13H22N2O.C2H6/c1-11(16)15-8-4-13(5-9-15)10-12-2-6-14-7-3-12;1-2/h4,12,14H,2-3,5-10H2,1H3;1-2H3. The fraction of sp³-hybridized carbons (Fsp3) is 0.800. The maximum atomic E-state index is 11.2. The first-order valence-electron chi connectivity index (χ1n) is 7.40. The van der Waals surface area contributed by atoms with Crippen LogP contribution in [-0.4, -0.2) is 37.0 Å². The van der Waals surface area contributed by atoms with Crippen LogP contribution in [0, 0.1) is 5.92 Å². The van der Waals surface area contributed by atoms with E-state index in [0.29, 0.717) is 0 Å². The number of carbonyl (C=O) groups excluding carboxylic acids is 1. The maximum Gasteiger partial charge on any atom is 0.219 e. The number of nitrogens with zero attached hydrogens (tertiary/aromatic N) is 1. The van der Waals surface area contributed by atoms with E-state index < -0.39 is 0 Å². The van der Waals surface area contributed by atoms with Gasteiger partial charge in [0.25, 0.3) is 0 Å². The third-order valence-corrected chi connectivity index (χ3v) is 3.76. The average Bonchev–Trinajstić information content (AvgIpc) is 2.43. The molecule has 0 atom stereocenters. The Morgan fingerprint density at radius 3 is 2.56 bits per heavy atom. The molecule has 0 saturated carbocycles. The van der Waals surface area contributed by atoms with Gasteiger partial charge in [-0.3, -0.25) is 4.79 Å². The van der Waals surface area contributed by atoms with Crippen molar-refractivity contribution in [3.8, 4) is 0 Å². The van der Waals surface area contributed by atoms with E-state index in [2.05, 4.69) is 11.4 Å². The molecule has 0 bridgehead atoms. The summed E-state index contributed by atoms with van der Waals surface area (Å²) in [7, 11) is 0. The zero-order chi connectivity index (χ0) is 13.4. The highest BCUT2D eigenvalue weighted by atomic mass is 16.2. The van der Waals surface area contributed by atoms with Gasteiger partial charge in [-0.05, 0) is 44.7 Å². The van der Waals surface area contributed by atoms with Crippen molar-refractivity contribution in [3.63, 3.8) is 0 Å². The highest BCUT2D eigenvalue weighted by molar-refractivity contribution is 5.73. The van der Waals surface area contributed by atoms with Gasteiger partial charge >= 0.3 is 0 Å². The molecule has 0 aromatic rings. The van der Waals surface area contributed by atoms with Gasteiger partial charge < -0.3 is 10.2 Å². The second kappa shape index (κ2) is 8.30. The summed E-state index contributed by atoms with van der Waals surface area (Å²) in [5.74, 6) is 1.08. The molecule has 2 aliphatic rings. The summed E-state index contributed by atoms with van der Waals surface area (Å²) >= 11 is 0. The monoisotopic (exact) mass is 252 g/mol. The Labute approximate surface area is 112 Å². The van der Waals surface area contributed by atoms with E-state index in [1.807, 2.05) is 18.7 Å². The number of rotatable bonds is 2. The molecule has 1 amide bonds. The molecular formula is C15H28N2O. The van der Waals surface area contributed by atoms with Crippen molar-refractivity contribution in [2.75, 3.05) is 26.2 Å². The normalized spacial score (nSPS) is 20.8. The van der Waals surface area contributed by atoms with Gasteiger partial charge in [-0.25, -0.2) is 0 Å². The molecule has 0 aromatic carbocycles. The molecule has 18 heavy (non-hydrogen) atoms. The predicted octanol–water partition coefficient (Wildman–Crippen LogP) is 2.58. The van der Waals surface area contributed by atoms with E-state index in [1.165, 1.54) is 32.4 Å². The number of carbonyl (C=O) groups is 1. The first-order chi connectivity index (χ1) is 8.75. The van der Waals surface area contributed by atoms with Crippen LogP contribution < -0.4 is 5.32 Å². The average molecular weight is 252 g/mol. The number of hydrogen-bond acceptors (Lipinski definition) is 2. The van der Waals surface area contributed by atoms with Crippen molar-refractivity contribution in [2.45, 2.75) is 46.5 Å². The van der Waals surface area contributed by atoms with Crippen molar-refractivity contribution in [1.29, 1.82) is 0 Å². The number of hydrogen-bond donors (Lipinski definition) is 1. The second-order valence-electron chi connectivity index (χ2n) is 4.97. The molecule has 1 N–H and O–H groups in total. The molecule has 3 nitrogen and oxygen atoms in total. The Balaban J connectivity index is 0.000000771. The quantitative estimate of drug-likeness (QED) is 0.766. The van der Waals surface area contributed by atoms with Gasteiger partial charge in [-0.1, -0.05) is 25.5 Å². The van der Waals surface area contributed by atoms with Crippen LogP contribution in [-0.2, 0) is 4.79 Å². The van der Waals surface area contributed by atoms with Crippen LogP contribution >= 0.6 is 0 Å². The van der Waals surface area contributed by atoms with Gasteiger partial charge in [0.2, 0.25) is 5.91 Å². The van der Waals surface area contributed by atoms with Crippen LogP contribution in [0.1, 0.15) is 46.5 Å². The van der Waals surface area contributed by atoms with Gasteiger partial charge in [0, 0.05) is 20.0 Å². The number of amides is 1. The lowest BCUT2D eigenvalue weighted by molar-refractivity contribution is -0.128. The van der Waals surface area contributed by atoms with Crippen LogP contribution in [0.15, 0.2) is 11.6 Å². The fourth-order valence-electron chi connectivity index (χ4n) is 2.64. The van der Waals surface area contributed by atoms with Crippen molar-refractivity contribution in [2.24, 2.45) is 5.92 Å². The van der Waals surface area contributed by atoms with Crippen LogP contribution in [0.25, 0.3) is 0 Å². The zero-order valence-corrected chi connectivity index (χ0v) is 12.2. The summed E-state index contributed by atoms with van der Waals surface area (Å²) < 4.78 is 0. The van der Waals surface area contributed by atoms with E-state index in [0.717, 1.165) is 25.4 Å². The summed E-state index contributed by atoms with van der Waals surface area (Å²) in [5.41, 5.74) is 1.57. The minimum atomic E-state index is 0.206. The van der Waals surface area contributed by atoms with Crippen molar-refractivity contribution in [3.05, 3.63) is 11.6 Å². The highest BCUT2D eigenvalue weighted by Crippen LogP contribution is 2.24. The summed E-state index contributed by atoms with van der Waals surface area (Å²) in [6.45, 7) is 9.77. The highest BCUT2D eigenvalue weighted by Gasteiger charge is 2.18. The van der Waals surface area contributed by atoms with E-state index in [9.17, 15) is 4.79 Å². The van der Waals surface area contributed by atoms with E-state index >= 15 is 0 Å². The molecule has 0 radical (unpaired) electrons. The Bertz CT molecular complexity index is 280. The molecule has 2 heterocycles. The van der Waals surface area contributed by atoms with E-state index in [1.54, 1.807) is 12.5 Å². The largest absolute Gasteiger partial charge is 0.339 e. The number of nitrogens with one attached hydrogen (secondary N) is 1. The maximum absolute atomic E-state index is 11.2. The molecule has 0 aliphatic carbocycles. The first-order valence-corrected chi connectivity index (χ1v) is 7.40. The Kier molecular flexibility index (Phi) is 7.02. The van der Waals surface area contributed by atoms with Gasteiger partial charge in [0.1, 0.15) is 0 Å². The van der Waals surface area contributed by atoms with Crippen molar-refractivity contribution >= 4 is 5.91 Å². The molecule has 0 spiro atoms. The third-order valence-electron chi connectivity index (χ3n) is 3.76. The molecule has 0 unspecified atom stereocenters. The lowest BCUT2D eigenvalue weighted by Crippen LogP contribution is -2.33. The Morgan fingerprint density at radius 1 is 1.39 bits per heavy atom. The Morgan fingerprint density at radius 2 is 2.06 bits per heavy atom. The number of piperidine rings is 1. The second-order valence-corrected chi connectivity index (χ2v) is 4.97. The first kappa shape index (κ1) is 15.2. The predicted molar refractivity (Wildman–Crippen MR) is 76.5 cm³/mol. The van der Waals surface area contributed by atoms with Gasteiger partial charge in [0.05, 0.1) is 0 Å². The summed E-state index contributed by atoms with van der Waals surface area (Å²) in [4.78, 5) is 13.1. The van der Waals surface area contributed by atoms with Gasteiger partial charge in [0.15, 0.2) is 0 Å². The molecule has 1 fully saturated rings. The molecule has 0 aromatic heterocycles. The zero-order valence-electron chi connectivity index (χ0n) is 12.2. The SMILES string of the molecule is CC.CC(=O)N1CC=C(CC2CCNCC2)CC1. The lowest BCUT2D eigenvalue weighted by Gasteiger charge is -2.28.